The Morgan fingerprint density at radius 2 is 0.824 bits per heavy atom. The van der Waals surface area contributed by atoms with Gasteiger partial charge < -0.3 is 0 Å². The average Bonchev–Trinajstić information content (AvgIpc) is 3.16. The molecule has 0 amide bonds. The SMILES string of the molecule is CCCCCCCCCCCCCCCCCCCCCCCCCC#CC(C=Nc1ccc(CC)c(CC)c1)=Nc1ccc(CC)c(CC)c1. The van der Waals surface area contributed by atoms with Crippen molar-refractivity contribution in [2.24, 2.45) is 9.98 Å². The van der Waals surface area contributed by atoms with Crippen LogP contribution in [-0.2, 0) is 25.7 Å². The first-order valence-electron chi connectivity index (χ1n) is 22.0. The zero-order valence-corrected chi connectivity index (χ0v) is 34.2. The highest BCUT2D eigenvalue weighted by Crippen LogP contribution is 2.22. The zero-order chi connectivity index (χ0) is 36.6. The van der Waals surface area contributed by atoms with Crippen molar-refractivity contribution in [2.45, 2.75) is 214 Å². The van der Waals surface area contributed by atoms with Gasteiger partial charge in [-0.1, -0.05) is 194 Å². The summed E-state index contributed by atoms with van der Waals surface area (Å²) in [6.07, 6.45) is 39.6. The molecule has 0 saturated heterocycles. The Hall–Kier alpha value is -2.66. The van der Waals surface area contributed by atoms with Crippen LogP contribution in [0.15, 0.2) is 46.4 Å². The third-order valence-electron chi connectivity index (χ3n) is 10.6. The molecular weight excluding hydrogens is 617 g/mol. The summed E-state index contributed by atoms with van der Waals surface area (Å²) in [7, 11) is 0. The smallest absolute Gasteiger partial charge is 0.132 e. The number of aliphatic imine (C=N–C) groups is 2. The molecule has 0 radical (unpaired) electrons. The van der Waals surface area contributed by atoms with E-state index in [4.69, 9.17) is 9.98 Å². The molecular formula is C49H78N2. The molecule has 0 spiro atoms. The summed E-state index contributed by atoms with van der Waals surface area (Å²) in [5, 5.41) is 0. The first-order chi connectivity index (χ1) is 25.1. The van der Waals surface area contributed by atoms with E-state index in [0.717, 1.165) is 49.2 Å². The summed E-state index contributed by atoms with van der Waals surface area (Å²) < 4.78 is 0. The predicted octanol–water partition coefficient (Wildman–Crippen LogP) is 15.8. The fraction of sp³-hybridized carbons (Fsp3) is 0.673. The van der Waals surface area contributed by atoms with Crippen LogP contribution in [0.3, 0.4) is 0 Å². The number of hydrogen-bond donors (Lipinski definition) is 0. The molecule has 0 N–H and O–H groups in total. The van der Waals surface area contributed by atoms with Crippen molar-refractivity contribution in [1.82, 2.24) is 0 Å². The van der Waals surface area contributed by atoms with Gasteiger partial charge in [0.15, 0.2) is 0 Å². The lowest BCUT2D eigenvalue weighted by molar-refractivity contribution is 0.518. The Kier molecular flexibility index (Phi) is 27.0. The van der Waals surface area contributed by atoms with Crippen LogP contribution in [0.25, 0.3) is 0 Å². The van der Waals surface area contributed by atoms with Crippen molar-refractivity contribution in [3.05, 3.63) is 58.7 Å². The number of rotatable bonds is 30. The molecule has 0 aliphatic heterocycles. The van der Waals surface area contributed by atoms with Crippen LogP contribution in [0.4, 0.5) is 11.4 Å². The summed E-state index contributed by atoms with van der Waals surface area (Å²) >= 11 is 0. The largest absolute Gasteiger partial charge is 0.254 e. The standard InChI is InChI=1S/C49H78N2/c1-6-11-12-13-14-15-16-17-18-19-20-21-22-23-24-25-26-27-28-29-30-31-32-33-34-35-49(51-48-39-37-44(8-3)46(10-5)41-48)42-50-47-38-36-43(7-2)45(9-4)40-47/h36-42H,6-33H2,1-5H3. The van der Waals surface area contributed by atoms with Crippen LogP contribution in [-0.4, -0.2) is 11.9 Å². The minimum absolute atomic E-state index is 0.744. The van der Waals surface area contributed by atoms with E-state index in [9.17, 15) is 0 Å². The number of nitrogens with zero attached hydrogens (tertiary/aromatic N) is 2. The molecule has 2 aromatic rings. The molecule has 0 aliphatic rings. The lowest BCUT2D eigenvalue weighted by atomic mass is 10.0. The molecule has 0 unspecified atom stereocenters. The Bertz CT molecular complexity index is 1270. The van der Waals surface area contributed by atoms with Gasteiger partial charge in [-0.25, -0.2) is 4.99 Å². The van der Waals surface area contributed by atoms with Crippen molar-refractivity contribution >= 4 is 23.3 Å². The topological polar surface area (TPSA) is 24.7 Å². The Morgan fingerprint density at radius 1 is 0.451 bits per heavy atom. The maximum atomic E-state index is 4.96. The van der Waals surface area contributed by atoms with Crippen LogP contribution in [0.2, 0.25) is 0 Å². The Labute approximate surface area is 317 Å². The summed E-state index contributed by atoms with van der Waals surface area (Å²) in [5.74, 6) is 6.80. The van der Waals surface area contributed by atoms with Gasteiger partial charge >= 0.3 is 0 Å². The third-order valence-corrected chi connectivity index (χ3v) is 10.6. The minimum atomic E-state index is 0.744. The zero-order valence-electron chi connectivity index (χ0n) is 34.2. The first kappa shape index (κ1) is 44.5. The quantitative estimate of drug-likeness (QED) is 0.0442. The second-order valence-electron chi connectivity index (χ2n) is 14.9. The van der Waals surface area contributed by atoms with Gasteiger partial charge in [0, 0.05) is 6.42 Å². The summed E-state index contributed by atoms with van der Waals surface area (Å²) in [5.41, 5.74) is 8.24. The molecule has 0 bridgehead atoms. The minimum Gasteiger partial charge on any atom is -0.254 e. The van der Waals surface area contributed by atoms with E-state index >= 15 is 0 Å². The van der Waals surface area contributed by atoms with Gasteiger partial charge in [0.25, 0.3) is 0 Å². The third kappa shape index (κ3) is 21.5. The Balaban J connectivity index is 1.60. The maximum Gasteiger partial charge on any atom is 0.132 e. The Morgan fingerprint density at radius 3 is 1.24 bits per heavy atom. The fourth-order valence-corrected chi connectivity index (χ4v) is 7.24. The summed E-state index contributed by atoms with van der Waals surface area (Å²) in [6, 6.07) is 13.1. The van der Waals surface area contributed by atoms with Gasteiger partial charge in [-0.05, 0) is 84.5 Å². The molecule has 0 aliphatic carbocycles. The molecule has 51 heavy (non-hydrogen) atoms. The van der Waals surface area contributed by atoms with Gasteiger partial charge in [-0.3, -0.25) is 4.99 Å². The highest BCUT2D eigenvalue weighted by Gasteiger charge is 2.03. The van der Waals surface area contributed by atoms with Crippen LogP contribution in [0, 0.1) is 11.8 Å². The highest BCUT2D eigenvalue weighted by atomic mass is 14.8. The molecule has 0 fully saturated rings. The predicted molar refractivity (Wildman–Crippen MR) is 230 cm³/mol. The lowest BCUT2D eigenvalue weighted by Crippen LogP contribution is -1.97. The van der Waals surface area contributed by atoms with E-state index < -0.39 is 0 Å². The summed E-state index contributed by atoms with van der Waals surface area (Å²) in [6.45, 7) is 11.2. The second kappa shape index (κ2) is 30.9. The van der Waals surface area contributed by atoms with Crippen molar-refractivity contribution in [1.29, 1.82) is 0 Å². The van der Waals surface area contributed by atoms with Crippen molar-refractivity contribution in [3.63, 3.8) is 0 Å². The second-order valence-corrected chi connectivity index (χ2v) is 14.9. The number of unbranched alkanes of at least 4 members (excludes halogenated alkanes) is 23. The van der Waals surface area contributed by atoms with Gasteiger partial charge in [0.05, 0.1) is 17.6 Å². The molecule has 2 aromatic carbocycles. The van der Waals surface area contributed by atoms with Crippen molar-refractivity contribution < 1.29 is 0 Å². The number of hydrogen-bond acceptors (Lipinski definition) is 2. The van der Waals surface area contributed by atoms with Gasteiger partial charge in [-0.15, -0.1) is 0 Å². The van der Waals surface area contributed by atoms with Gasteiger partial charge in [-0.2, -0.15) is 0 Å². The van der Waals surface area contributed by atoms with Crippen molar-refractivity contribution in [3.8, 4) is 11.8 Å². The molecule has 2 heteroatoms. The van der Waals surface area contributed by atoms with Crippen molar-refractivity contribution in [2.75, 3.05) is 0 Å². The van der Waals surface area contributed by atoms with E-state index in [2.05, 4.69) is 82.9 Å². The van der Waals surface area contributed by atoms with E-state index in [-0.39, 0.29) is 0 Å². The average molecular weight is 695 g/mol. The molecule has 0 heterocycles. The van der Waals surface area contributed by atoms with E-state index in [0.29, 0.717) is 0 Å². The highest BCUT2D eigenvalue weighted by molar-refractivity contribution is 6.39. The molecule has 2 nitrogen and oxygen atoms in total. The molecule has 0 saturated carbocycles. The van der Waals surface area contributed by atoms with Crippen LogP contribution < -0.4 is 0 Å². The number of aryl methyl sites for hydroxylation is 4. The van der Waals surface area contributed by atoms with E-state index in [1.54, 1.807) is 0 Å². The van der Waals surface area contributed by atoms with Crippen LogP contribution in [0.1, 0.15) is 211 Å². The molecule has 2 rings (SSSR count). The van der Waals surface area contributed by atoms with Crippen LogP contribution in [0.5, 0.6) is 0 Å². The van der Waals surface area contributed by atoms with E-state index in [1.807, 2.05) is 6.21 Å². The molecule has 0 aromatic heterocycles. The van der Waals surface area contributed by atoms with Crippen LogP contribution >= 0.6 is 0 Å². The molecule has 0 atom stereocenters. The summed E-state index contributed by atoms with van der Waals surface area (Å²) in [4.78, 5) is 9.78. The van der Waals surface area contributed by atoms with Gasteiger partial charge in [0.2, 0.25) is 0 Å². The maximum absolute atomic E-state index is 4.96. The van der Waals surface area contributed by atoms with E-state index in [1.165, 1.54) is 170 Å². The van der Waals surface area contributed by atoms with Gasteiger partial charge in [0.1, 0.15) is 5.71 Å². The normalized spacial score (nSPS) is 11.7. The lowest BCUT2D eigenvalue weighted by Gasteiger charge is -2.07. The number of benzene rings is 2. The fourth-order valence-electron chi connectivity index (χ4n) is 7.24. The first-order valence-corrected chi connectivity index (χ1v) is 22.0. The molecule has 284 valence electrons. The monoisotopic (exact) mass is 695 g/mol.